The molecule has 0 saturated heterocycles. The molecule has 0 heterocycles. The van der Waals surface area contributed by atoms with Gasteiger partial charge >= 0.3 is 0 Å². The van der Waals surface area contributed by atoms with Crippen molar-refractivity contribution in [2.45, 2.75) is 446 Å². The summed E-state index contributed by atoms with van der Waals surface area (Å²) in [6, 6.07) is 0. The van der Waals surface area contributed by atoms with E-state index in [-0.39, 0.29) is 0 Å². The largest absolute Gasteiger partial charge is 0.822 e. The highest BCUT2D eigenvalue weighted by Crippen LogP contribution is 2.19. The lowest BCUT2D eigenvalue weighted by Crippen LogP contribution is -2.41. The molecule has 0 N–H and O–H groups in total. The van der Waals surface area contributed by atoms with Crippen molar-refractivity contribution in [1.82, 2.24) is 0 Å². The van der Waals surface area contributed by atoms with E-state index in [9.17, 15) is 0 Å². The van der Waals surface area contributed by atoms with Crippen LogP contribution in [-0.2, 0) is 4.57 Å². The van der Waals surface area contributed by atoms with Crippen molar-refractivity contribution in [3.63, 3.8) is 0 Å². The second-order valence-corrected chi connectivity index (χ2v) is 31.6. The van der Waals surface area contributed by atoms with Gasteiger partial charge in [-0.3, -0.25) is 0 Å². The summed E-state index contributed by atoms with van der Waals surface area (Å²) in [5.41, 5.74) is 0. The van der Waals surface area contributed by atoms with Gasteiger partial charge in [-0.1, -0.05) is 369 Å². The number of unbranched alkanes of at least 4 members (excludes halogenated alkanes) is 57. The van der Waals surface area contributed by atoms with Crippen molar-refractivity contribution in [3.05, 3.63) is 0 Å². The van der Waals surface area contributed by atoms with Crippen LogP contribution in [0.3, 0.4) is 0 Å². The molecule has 542 valence electrons. The van der Waals surface area contributed by atoms with Crippen LogP contribution in [0.2, 0.25) is 0 Å². The highest BCUT2D eigenvalue weighted by Gasteiger charge is 2.16. The van der Waals surface area contributed by atoms with Crippen molar-refractivity contribution < 1.29 is 32.7 Å². The molecule has 0 aromatic carbocycles. The molecule has 0 saturated carbocycles. The van der Waals surface area contributed by atoms with E-state index >= 15 is 0 Å². The van der Waals surface area contributed by atoms with Crippen LogP contribution in [-0.4, -0.2) is 95.0 Å². The fourth-order valence-electron chi connectivity index (χ4n) is 13.0. The molecule has 7 nitrogen and oxygen atoms in total. The summed E-state index contributed by atoms with van der Waals surface area (Å²) in [6.07, 6.45) is 91.5. The minimum Gasteiger partial charge on any atom is -0.822 e. The average molecular weight is 1290 g/mol. The Bertz CT molecular complexity index is 1160. The van der Waals surface area contributed by atoms with E-state index in [4.69, 9.17) is 19.2 Å². The summed E-state index contributed by atoms with van der Waals surface area (Å²) in [5, 5.41) is 0. The molecule has 0 aromatic rings. The van der Waals surface area contributed by atoms with Crippen molar-refractivity contribution >= 4 is 7.82 Å². The summed E-state index contributed by atoms with van der Waals surface area (Å²) in [6.45, 7) is 22.1. The Kier molecular flexibility index (Phi) is 82.5. The Morgan fingerprint density at radius 1 is 0.169 bits per heavy atom. The second-order valence-electron chi connectivity index (χ2n) is 30.7. The third kappa shape index (κ3) is 99.2. The Balaban J connectivity index is -0.000000585. The Hall–Kier alpha value is -0.0100. The Morgan fingerprint density at radius 2 is 0.236 bits per heavy atom. The van der Waals surface area contributed by atoms with Gasteiger partial charge in [0, 0.05) is 0 Å². The molecule has 0 aromatic heterocycles. The SMILES string of the molecule is CCCCCCCCCCCCC[N+](C)(C)CCCCCCCCCCCC.CCCCCCCCCCCCC[N+](C)(C)CCCCCCCCCCCC.CCCCCCCCCCCCC[N+](C)(C)CCCCCCCCCCCC.O=P([O-])([O-])[O-]. The molecule has 0 amide bonds. The predicted molar refractivity (Wildman–Crippen MR) is 398 cm³/mol. The maximum absolute atomic E-state index is 8.55. The highest BCUT2D eigenvalue weighted by atomic mass is 31.2. The summed E-state index contributed by atoms with van der Waals surface area (Å²) in [4.78, 5) is 25.6. The predicted octanol–water partition coefficient (Wildman–Crippen LogP) is 25.1. The van der Waals surface area contributed by atoms with E-state index in [0.29, 0.717) is 0 Å². The number of hydrogen-bond donors (Lipinski definition) is 0. The molecule has 0 fully saturated rings. The minimum atomic E-state index is -5.39. The molecular weight excluding hydrogens is 1110 g/mol. The maximum atomic E-state index is 8.55. The summed E-state index contributed by atoms with van der Waals surface area (Å²) in [5.74, 6) is 0. The third-order valence-electron chi connectivity index (χ3n) is 19.5. The van der Waals surface area contributed by atoms with Crippen molar-refractivity contribution in [1.29, 1.82) is 0 Å². The molecule has 0 spiro atoms. The van der Waals surface area contributed by atoms with Crippen LogP contribution in [0.1, 0.15) is 446 Å². The van der Waals surface area contributed by atoms with Crippen LogP contribution < -0.4 is 14.7 Å². The third-order valence-corrected chi connectivity index (χ3v) is 19.5. The molecule has 8 heteroatoms. The van der Waals surface area contributed by atoms with Crippen molar-refractivity contribution in [3.8, 4) is 0 Å². The van der Waals surface area contributed by atoms with Gasteiger partial charge in [-0.05, 0) is 77.0 Å². The topological polar surface area (TPSA) is 86.2 Å². The van der Waals surface area contributed by atoms with E-state index in [1.54, 1.807) is 0 Å². The van der Waals surface area contributed by atoms with Gasteiger partial charge in [0.1, 0.15) is 0 Å². The smallest absolute Gasteiger partial charge is 0.0782 e. The van der Waals surface area contributed by atoms with Gasteiger partial charge in [0.2, 0.25) is 0 Å². The maximum Gasteiger partial charge on any atom is 0.0782 e. The number of quaternary nitrogens is 3. The molecule has 0 aliphatic rings. The standard InChI is InChI=1S/3C27H58N.H3O4P/c3*1-5-7-9-11-13-15-17-19-21-23-25-27-28(3,4)26-24-22-20-18-16-14-12-10-8-6-2;1-5(2,3)4/h3*5-27H2,1-4H3;(H3,1,2,3,4)/q3*+1;/p-3. The molecule has 0 radical (unpaired) electrons. The van der Waals surface area contributed by atoms with Crippen molar-refractivity contribution in [2.75, 3.05) is 81.6 Å². The van der Waals surface area contributed by atoms with E-state index in [1.165, 1.54) is 457 Å². The lowest BCUT2D eigenvalue weighted by molar-refractivity contribution is -0.890. The first-order valence-electron chi connectivity index (χ1n) is 41.1. The number of nitrogens with zero attached hydrogens (tertiary/aromatic N) is 3. The zero-order valence-corrected chi connectivity index (χ0v) is 65.1. The van der Waals surface area contributed by atoms with Gasteiger partial charge in [-0.2, -0.15) is 7.82 Å². The first kappa shape index (κ1) is 95.4. The van der Waals surface area contributed by atoms with E-state index in [1.807, 2.05) is 0 Å². The van der Waals surface area contributed by atoms with Crippen molar-refractivity contribution in [2.24, 2.45) is 0 Å². The fourth-order valence-corrected chi connectivity index (χ4v) is 13.0. The van der Waals surface area contributed by atoms with Gasteiger partial charge in [-0.25, -0.2) is 0 Å². The lowest BCUT2D eigenvalue weighted by atomic mass is 10.1. The molecule has 0 atom stereocenters. The van der Waals surface area contributed by atoms with Crippen LogP contribution in [0, 0.1) is 0 Å². The second kappa shape index (κ2) is 77.0. The first-order valence-corrected chi connectivity index (χ1v) is 42.5. The van der Waals surface area contributed by atoms with Crippen LogP contribution in [0.5, 0.6) is 0 Å². The Morgan fingerprint density at radius 3 is 0.315 bits per heavy atom. The summed E-state index contributed by atoms with van der Waals surface area (Å²) in [7, 11) is 9.30. The molecular formula is C81H174N3O4P. The van der Waals surface area contributed by atoms with Gasteiger partial charge in [0.05, 0.1) is 81.6 Å². The van der Waals surface area contributed by atoms with E-state index in [2.05, 4.69) is 83.8 Å². The molecule has 0 aliphatic carbocycles. The van der Waals surface area contributed by atoms with Crippen LogP contribution >= 0.6 is 7.82 Å². The van der Waals surface area contributed by atoms with Crippen LogP contribution in [0.25, 0.3) is 0 Å². The van der Waals surface area contributed by atoms with E-state index < -0.39 is 7.82 Å². The lowest BCUT2D eigenvalue weighted by Gasteiger charge is -2.36. The molecule has 0 unspecified atom stereocenters. The zero-order valence-electron chi connectivity index (χ0n) is 64.2. The molecule has 89 heavy (non-hydrogen) atoms. The molecule has 0 bridgehead atoms. The Labute approximate surface area is 565 Å². The first-order chi connectivity index (χ1) is 42.9. The molecule has 0 aliphatic heterocycles. The molecule has 0 rings (SSSR count). The fraction of sp³-hybridized carbons (Fsp3) is 1.00. The number of phosphoric acid groups is 1. The minimum absolute atomic E-state index is 1.24. The van der Waals surface area contributed by atoms with E-state index in [0.717, 1.165) is 0 Å². The zero-order chi connectivity index (χ0) is 66.8. The monoisotopic (exact) mass is 1280 g/mol. The normalized spacial score (nSPS) is 12.0. The van der Waals surface area contributed by atoms with Gasteiger partial charge in [0.15, 0.2) is 0 Å². The quantitative estimate of drug-likeness (QED) is 0.0345. The van der Waals surface area contributed by atoms with Gasteiger partial charge in [0.25, 0.3) is 0 Å². The number of hydrogen-bond acceptors (Lipinski definition) is 4. The number of rotatable bonds is 69. The summed E-state index contributed by atoms with van der Waals surface area (Å²) >= 11 is 0. The van der Waals surface area contributed by atoms with Crippen LogP contribution in [0.4, 0.5) is 0 Å². The van der Waals surface area contributed by atoms with Crippen LogP contribution in [0.15, 0.2) is 0 Å². The highest BCUT2D eigenvalue weighted by molar-refractivity contribution is 7.40. The van der Waals surface area contributed by atoms with Gasteiger partial charge in [-0.15, -0.1) is 0 Å². The average Bonchev–Trinajstić information content (AvgIpc) is 3.55. The summed E-state index contributed by atoms with van der Waals surface area (Å²) < 4.78 is 12.3. The van der Waals surface area contributed by atoms with Gasteiger partial charge < -0.3 is 32.7 Å².